The Balaban J connectivity index is 3.03. The Morgan fingerprint density at radius 3 is 2.40 bits per heavy atom. The van der Waals surface area contributed by atoms with Crippen molar-refractivity contribution in [2.45, 2.75) is 39.2 Å². The Morgan fingerprint density at radius 1 is 1.33 bits per heavy atom. The van der Waals surface area contributed by atoms with E-state index in [4.69, 9.17) is 17.3 Å². The minimum absolute atomic E-state index is 0.283. The Hall–Kier alpha value is -0.530. The molecule has 0 aromatic heterocycles. The van der Waals surface area contributed by atoms with Crippen LogP contribution in [0.15, 0.2) is 24.3 Å². The van der Waals surface area contributed by atoms with E-state index in [2.05, 4.69) is 26.8 Å². The lowest BCUT2D eigenvalue weighted by Gasteiger charge is -2.33. The van der Waals surface area contributed by atoms with Crippen LogP contribution in [-0.4, -0.2) is 0 Å². The molecule has 1 rings (SSSR count). The van der Waals surface area contributed by atoms with Crippen molar-refractivity contribution in [2.24, 2.45) is 11.7 Å². The second-order valence-corrected chi connectivity index (χ2v) is 4.74. The van der Waals surface area contributed by atoms with E-state index in [-0.39, 0.29) is 5.54 Å². The summed E-state index contributed by atoms with van der Waals surface area (Å²) in [6.07, 6.45) is 2.19. The first kappa shape index (κ1) is 12.5. The lowest BCUT2D eigenvalue weighted by atomic mass is 9.77. The van der Waals surface area contributed by atoms with Gasteiger partial charge in [-0.15, -0.1) is 0 Å². The molecule has 2 heteroatoms. The highest BCUT2D eigenvalue weighted by Gasteiger charge is 2.29. The summed E-state index contributed by atoms with van der Waals surface area (Å²) >= 11 is 5.99. The lowest BCUT2D eigenvalue weighted by molar-refractivity contribution is 0.282. The monoisotopic (exact) mass is 225 g/mol. The van der Waals surface area contributed by atoms with E-state index in [0.29, 0.717) is 5.92 Å². The predicted molar refractivity (Wildman–Crippen MR) is 67.1 cm³/mol. The van der Waals surface area contributed by atoms with Gasteiger partial charge in [-0.2, -0.15) is 0 Å². The number of nitrogens with two attached hydrogens (primary N) is 1. The molecule has 2 N–H and O–H groups in total. The van der Waals surface area contributed by atoms with E-state index >= 15 is 0 Å². The topological polar surface area (TPSA) is 26.0 Å². The van der Waals surface area contributed by atoms with E-state index in [0.717, 1.165) is 23.4 Å². The molecule has 0 bridgehead atoms. The van der Waals surface area contributed by atoms with Gasteiger partial charge in [0, 0.05) is 10.6 Å². The van der Waals surface area contributed by atoms with Gasteiger partial charge in [0.2, 0.25) is 0 Å². The molecule has 84 valence electrons. The van der Waals surface area contributed by atoms with Gasteiger partial charge in [0.05, 0.1) is 0 Å². The minimum Gasteiger partial charge on any atom is -0.321 e. The first-order valence-electron chi connectivity index (χ1n) is 5.57. The quantitative estimate of drug-likeness (QED) is 0.825. The summed E-state index contributed by atoms with van der Waals surface area (Å²) in [6, 6.07) is 7.88. The summed E-state index contributed by atoms with van der Waals surface area (Å²) in [7, 11) is 0. The zero-order chi connectivity index (χ0) is 11.5. The number of hydrogen-bond acceptors (Lipinski definition) is 1. The molecular formula is C13H20ClN. The summed E-state index contributed by atoms with van der Waals surface area (Å²) in [6.45, 7) is 6.46. The van der Waals surface area contributed by atoms with Crippen molar-refractivity contribution in [3.8, 4) is 0 Å². The van der Waals surface area contributed by atoms with Crippen molar-refractivity contribution < 1.29 is 0 Å². The van der Waals surface area contributed by atoms with Gasteiger partial charge in [0.1, 0.15) is 0 Å². The Labute approximate surface area is 97.6 Å². The van der Waals surface area contributed by atoms with Gasteiger partial charge in [0.15, 0.2) is 0 Å². The lowest BCUT2D eigenvalue weighted by Crippen LogP contribution is -2.40. The summed E-state index contributed by atoms with van der Waals surface area (Å²) in [5, 5.41) is 0.759. The molecule has 1 unspecified atom stereocenters. The molecule has 1 atom stereocenters. The molecule has 0 saturated heterocycles. The van der Waals surface area contributed by atoms with Crippen molar-refractivity contribution in [2.75, 3.05) is 0 Å². The molecule has 0 fully saturated rings. The van der Waals surface area contributed by atoms with Crippen molar-refractivity contribution in [1.29, 1.82) is 0 Å². The minimum atomic E-state index is -0.283. The highest BCUT2D eigenvalue weighted by molar-refractivity contribution is 6.30. The fraction of sp³-hybridized carbons (Fsp3) is 0.538. The van der Waals surface area contributed by atoms with Crippen LogP contribution in [0.2, 0.25) is 5.02 Å². The van der Waals surface area contributed by atoms with E-state index in [9.17, 15) is 0 Å². The van der Waals surface area contributed by atoms with Crippen LogP contribution in [0.1, 0.15) is 39.2 Å². The first-order valence-corrected chi connectivity index (χ1v) is 5.95. The Kier molecular flexibility index (Phi) is 4.18. The predicted octanol–water partition coefficient (Wildman–Crippen LogP) is 3.95. The molecule has 15 heavy (non-hydrogen) atoms. The fourth-order valence-corrected chi connectivity index (χ4v) is 2.39. The third-order valence-electron chi connectivity index (χ3n) is 3.28. The van der Waals surface area contributed by atoms with E-state index < -0.39 is 0 Å². The maximum absolute atomic E-state index is 6.41. The van der Waals surface area contributed by atoms with Crippen LogP contribution in [0.4, 0.5) is 0 Å². The van der Waals surface area contributed by atoms with Gasteiger partial charge >= 0.3 is 0 Å². The second kappa shape index (κ2) is 5.00. The standard InChI is InChI=1S/C13H20ClN/c1-4-10(5-2)13(3,15)11-7-6-8-12(14)9-11/h6-10H,4-5,15H2,1-3H3. The molecule has 0 spiro atoms. The second-order valence-electron chi connectivity index (χ2n) is 4.31. The molecule has 0 aliphatic heterocycles. The van der Waals surface area contributed by atoms with Crippen LogP contribution in [0, 0.1) is 5.92 Å². The zero-order valence-electron chi connectivity index (χ0n) is 9.76. The van der Waals surface area contributed by atoms with Crippen LogP contribution in [0.5, 0.6) is 0 Å². The van der Waals surface area contributed by atoms with E-state index in [1.54, 1.807) is 0 Å². The number of halogens is 1. The van der Waals surface area contributed by atoms with Crippen LogP contribution in [0.25, 0.3) is 0 Å². The number of benzene rings is 1. The SMILES string of the molecule is CCC(CC)C(C)(N)c1cccc(Cl)c1. The molecular weight excluding hydrogens is 206 g/mol. The highest BCUT2D eigenvalue weighted by Crippen LogP contribution is 2.32. The average Bonchev–Trinajstić information content (AvgIpc) is 2.19. The Bertz CT molecular complexity index is 316. The molecule has 0 radical (unpaired) electrons. The number of rotatable bonds is 4. The van der Waals surface area contributed by atoms with Crippen LogP contribution >= 0.6 is 11.6 Å². The maximum Gasteiger partial charge on any atom is 0.0409 e. The molecule has 0 heterocycles. The van der Waals surface area contributed by atoms with E-state index in [1.807, 2.05) is 18.2 Å². The smallest absolute Gasteiger partial charge is 0.0409 e. The molecule has 1 nitrogen and oxygen atoms in total. The third kappa shape index (κ3) is 2.73. The van der Waals surface area contributed by atoms with Crippen LogP contribution < -0.4 is 5.73 Å². The summed E-state index contributed by atoms with van der Waals surface area (Å²) in [5.41, 5.74) is 7.26. The van der Waals surface area contributed by atoms with Gasteiger partial charge in [-0.3, -0.25) is 0 Å². The summed E-state index contributed by atoms with van der Waals surface area (Å²) < 4.78 is 0. The zero-order valence-corrected chi connectivity index (χ0v) is 10.5. The van der Waals surface area contributed by atoms with Gasteiger partial charge in [-0.1, -0.05) is 50.4 Å². The van der Waals surface area contributed by atoms with Crippen molar-refractivity contribution in [3.63, 3.8) is 0 Å². The molecule has 0 saturated carbocycles. The number of hydrogen-bond donors (Lipinski definition) is 1. The molecule has 1 aromatic carbocycles. The summed E-state index contributed by atoms with van der Waals surface area (Å²) in [5.74, 6) is 0.496. The fourth-order valence-electron chi connectivity index (χ4n) is 2.20. The largest absolute Gasteiger partial charge is 0.321 e. The maximum atomic E-state index is 6.41. The normalized spacial score (nSPS) is 15.3. The van der Waals surface area contributed by atoms with Gasteiger partial charge in [-0.05, 0) is 30.5 Å². The van der Waals surface area contributed by atoms with Crippen molar-refractivity contribution in [1.82, 2.24) is 0 Å². The van der Waals surface area contributed by atoms with Crippen LogP contribution in [-0.2, 0) is 5.54 Å². The molecule has 1 aromatic rings. The first-order chi connectivity index (χ1) is 7.02. The van der Waals surface area contributed by atoms with Gasteiger partial charge < -0.3 is 5.73 Å². The van der Waals surface area contributed by atoms with E-state index in [1.165, 1.54) is 0 Å². The summed E-state index contributed by atoms with van der Waals surface area (Å²) in [4.78, 5) is 0. The Morgan fingerprint density at radius 2 is 1.93 bits per heavy atom. The van der Waals surface area contributed by atoms with Crippen molar-refractivity contribution >= 4 is 11.6 Å². The molecule has 0 amide bonds. The molecule has 0 aliphatic rings. The van der Waals surface area contributed by atoms with Crippen molar-refractivity contribution in [3.05, 3.63) is 34.9 Å². The molecule has 0 aliphatic carbocycles. The average molecular weight is 226 g/mol. The van der Waals surface area contributed by atoms with Gasteiger partial charge in [-0.25, -0.2) is 0 Å². The third-order valence-corrected chi connectivity index (χ3v) is 3.52. The van der Waals surface area contributed by atoms with Crippen LogP contribution in [0.3, 0.4) is 0 Å². The highest BCUT2D eigenvalue weighted by atomic mass is 35.5. The van der Waals surface area contributed by atoms with Gasteiger partial charge in [0.25, 0.3) is 0 Å².